The van der Waals surface area contributed by atoms with Gasteiger partial charge in [-0.25, -0.2) is 5.48 Å². The van der Waals surface area contributed by atoms with Crippen LogP contribution in [-0.4, -0.2) is 33.5 Å². The highest BCUT2D eigenvalue weighted by molar-refractivity contribution is 5.75. The van der Waals surface area contributed by atoms with Crippen LogP contribution in [0.4, 0.5) is 0 Å². The molecule has 0 radical (unpaired) electrons. The van der Waals surface area contributed by atoms with E-state index in [1.165, 1.54) is 23.9 Å². The average Bonchev–Trinajstić information content (AvgIpc) is 2.53. The minimum Gasteiger partial charge on any atom is -0.393 e. The Morgan fingerprint density at radius 2 is 2.04 bits per heavy atom. The van der Waals surface area contributed by atoms with E-state index in [1.807, 2.05) is 0 Å². The number of allylic oxidation sites excluding steroid dienone is 4. The van der Waals surface area contributed by atoms with Gasteiger partial charge < -0.3 is 10.2 Å². The molecule has 0 aromatic rings. The minimum atomic E-state index is -0.929. The van der Waals surface area contributed by atoms with Crippen LogP contribution >= 0.6 is 0 Å². The largest absolute Gasteiger partial charge is 0.393 e. The van der Waals surface area contributed by atoms with Gasteiger partial charge in [-0.2, -0.15) is 0 Å². The lowest BCUT2D eigenvalue weighted by molar-refractivity contribution is -0.131. The van der Waals surface area contributed by atoms with Gasteiger partial charge in [0.1, 0.15) is 0 Å². The quantitative estimate of drug-likeness (QED) is 0.424. The summed E-state index contributed by atoms with van der Waals surface area (Å²) in [5.41, 5.74) is 2.95. The molecule has 0 saturated heterocycles. The summed E-state index contributed by atoms with van der Waals surface area (Å²) < 4.78 is 0. The normalized spacial score (nSPS) is 31.8. The maximum Gasteiger partial charge on any atom is 0.245 e. The number of aliphatic hydroxyl groups is 2. The van der Waals surface area contributed by atoms with Crippen molar-refractivity contribution in [2.24, 2.45) is 23.7 Å². The highest BCUT2D eigenvalue weighted by atomic mass is 16.5. The Kier molecular flexibility index (Phi) is 7.02. The predicted octanol–water partition coefficient (Wildman–Crippen LogP) is 2.57. The Labute approximate surface area is 144 Å². The van der Waals surface area contributed by atoms with E-state index in [-0.39, 0.29) is 12.8 Å². The van der Waals surface area contributed by atoms with Crippen molar-refractivity contribution in [3.05, 3.63) is 23.8 Å². The second kappa shape index (κ2) is 8.79. The number of hydroxylamine groups is 1. The Hall–Kier alpha value is -1.17. The number of amides is 1. The first-order chi connectivity index (χ1) is 11.4. The highest BCUT2D eigenvalue weighted by Gasteiger charge is 2.33. The Morgan fingerprint density at radius 3 is 2.75 bits per heavy atom. The number of carbonyl (C=O) groups is 1. The summed E-state index contributed by atoms with van der Waals surface area (Å²) in [7, 11) is 0. The number of hydrogen-bond acceptors (Lipinski definition) is 4. The van der Waals surface area contributed by atoms with Gasteiger partial charge in [0.25, 0.3) is 0 Å². The number of fused-ring (bicyclic) bond motifs is 1. The molecule has 5 heteroatoms. The number of aliphatic hydroxyl groups excluding tert-OH is 2. The van der Waals surface area contributed by atoms with E-state index in [0.717, 1.165) is 6.42 Å². The van der Waals surface area contributed by atoms with Gasteiger partial charge in [-0.1, -0.05) is 32.1 Å². The lowest BCUT2D eigenvalue weighted by Crippen LogP contribution is -2.30. The lowest BCUT2D eigenvalue weighted by Gasteiger charge is -2.39. The molecule has 4 N–H and O–H groups in total. The van der Waals surface area contributed by atoms with Crippen molar-refractivity contribution in [3.63, 3.8) is 0 Å². The van der Waals surface area contributed by atoms with Gasteiger partial charge in [-0.15, -0.1) is 0 Å². The zero-order valence-electron chi connectivity index (χ0n) is 14.7. The van der Waals surface area contributed by atoms with Crippen molar-refractivity contribution in [1.82, 2.24) is 5.48 Å². The van der Waals surface area contributed by atoms with Gasteiger partial charge in [0, 0.05) is 0 Å². The van der Waals surface area contributed by atoms with Crippen LogP contribution in [0, 0.1) is 23.7 Å². The highest BCUT2D eigenvalue weighted by Crippen LogP contribution is 2.43. The molecule has 24 heavy (non-hydrogen) atoms. The number of carbonyl (C=O) groups excluding carboxylic acids is 1. The molecule has 0 unspecified atom stereocenters. The van der Waals surface area contributed by atoms with Crippen LogP contribution in [0.25, 0.3) is 0 Å². The third kappa shape index (κ3) is 5.16. The summed E-state index contributed by atoms with van der Waals surface area (Å²) in [6, 6.07) is 0. The summed E-state index contributed by atoms with van der Waals surface area (Å²) in [5.74, 6) is 1.62. The first-order valence-corrected chi connectivity index (χ1v) is 9.09. The minimum absolute atomic E-state index is 0.161. The Bertz CT molecular complexity index is 488. The van der Waals surface area contributed by atoms with Crippen LogP contribution in [0.2, 0.25) is 0 Å². The van der Waals surface area contributed by atoms with Gasteiger partial charge in [0.2, 0.25) is 5.91 Å². The molecule has 0 saturated carbocycles. The molecule has 2 aliphatic carbocycles. The van der Waals surface area contributed by atoms with E-state index in [1.54, 1.807) is 0 Å². The van der Waals surface area contributed by atoms with Gasteiger partial charge in [0.15, 0.2) is 0 Å². The fraction of sp³-hybridized carbons (Fsp3) is 0.737. The first kappa shape index (κ1) is 19.2. The zero-order valence-corrected chi connectivity index (χ0v) is 14.7. The molecule has 0 aliphatic heterocycles. The number of rotatable bonds is 7. The fourth-order valence-electron chi connectivity index (χ4n) is 4.18. The predicted molar refractivity (Wildman–Crippen MR) is 92.2 cm³/mol. The van der Waals surface area contributed by atoms with Crippen LogP contribution in [-0.2, 0) is 4.79 Å². The van der Waals surface area contributed by atoms with Crippen molar-refractivity contribution < 1.29 is 20.2 Å². The Morgan fingerprint density at radius 1 is 1.29 bits per heavy atom. The third-order valence-corrected chi connectivity index (χ3v) is 5.55. The zero-order chi connectivity index (χ0) is 17.7. The standard InChI is InChI=1S/C19H31NO4/c1-12-3-7-18-14(9-12)5-4-13(2)17(18)8-6-15(21)10-16(22)11-19(23)20-24/h4-5,9,12-13,15-18,21-22,24H,3,6-8,10-11H2,1-2H3,(H,20,23)/t12-,13+,15-,16-,17+,18+/m1/s1. The van der Waals surface area contributed by atoms with Crippen LogP contribution < -0.4 is 5.48 Å². The summed E-state index contributed by atoms with van der Waals surface area (Å²) >= 11 is 0. The fourth-order valence-corrected chi connectivity index (χ4v) is 4.18. The Balaban J connectivity index is 1.85. The van der Waals surface area contributed by atoms with E-state index >= 15 is 0 Å². The summed E-state index contributed by atoms with van der Waals surface area (Å²) in [6.07, 6.45) is 9.33. The van der Waals surface area contributed by atoms with E-state index in [2.05, 4.69) is 32.1 Å². The molecule has 1 amide bonds. The molecule has 0 aromatic heterocycles. The molecular formula is C19H31NO4. The molecule has 0 bridgehead atoms. The van der Waals surface area contributed by atoms with Crippen molar-refractivity contribution >= 4 is 5.91 Å². The summed E-state index contributed by atoms with van der Waals surface area (Å²) in [6.45, 7) is 4.50. The van der Waals surface area contributed by atoms with Gasteiger partial charge in [-0.05, 0) is 61.3 Å². The first-order valence-electron chi connectivity index (χ1n) is 9.09. The van der Waals surface area contributed by atoms with E-state index in [4.69, 9.17) is 5.21 Å². The van der Waals surface area contributed by atoms with E-state index in [9.17, 15) is 15.0 Å². The van der Waals surface area contributed by atoms with Crippen molar-refractivity contribution in [1.29, 1.82) is 0 Å². The molecule has 0 spiro atoms. The smallest absolute Gasteiger partial charge is 0.245 e. The van der Waals surface area contributed by atoms with Gasteiger partial charge in [0.05, 0.1) is 18.6 Å². The van der Waals surface area contributed by atoms with Crippen LogP contribution in [0.3, 0.4) is 0 Å². The van der Waals surface area contributed by atoms with Crippen molar-refractivity contribution in [2.75, 3.05) is 0 Å². The second-order valence-corrected chi connectivity index (χ2v) is 7.57. The SMILES string of the molecule is C[C@H]1C=C2C=C[C@H](C)[C@H](CC[C@@H](O)C[C@@H](O)CC(=O)NO)[C@H]2CC1. The lowest BCUT2D eigenvalue weighted by atomic mass is 9.66. The van der Waals surface area contributed by atoms with Crippen LogP contribution in [0.1, 0.15) is 52.4 Å². The number of hydrogen-bond donors (Lipinski definition) is 4. The van der Waals surface area contributed by atoms with Gasteiger partial charge >= 0.3 is 0 Å². The van der Waals surface area contributed by atoms with Crippen LogP contribution in [0.15, 0.2) is 23.8 Å². The molecule has 5 nitrogen and oxygen atoms in total. The van der Waals surface area contributed by atoms with Gasteiger partial charge in [-0.3, -0.25) is 10.0 Å². The maximum absolute atomic E-state index is 11.0. The molecule has 136 valence electrons. The topological polar surface area (TPSA) is 89.8 Å². The third-order valence-electron chi connectivity index (χ3n) is 5.55. The molecular weight excluding hydrogens is 306 g/mol. The second-order valence-electron chi connectivity index (χ2n) is 7.57. The molecule has 2 rings (SSSR count). The monoisotopic (exact) mass is 337 g/mol. The molecule has 6 atom stereocenters. The molecule has 0 aromatic carbocycles. The average molecular weight is 337 g/mol. The number of nitrogens with one attached hydrogen (secondary N) is 1. The maximum atomic E-state index is 11.0. The molecule has 0 heterocycles. The molecule has 0 fully saturated rings. The summed E-state index contributed by atoms with van der Waals surface area (Å²) in [5, 5.41) is 28.4. The molecule has 2 aliphatic rings. The van der Waals surface area contributed by atoms with Crippen molar-refractivity contribution in [3.8, 4) is 0 Å². The van der Waals surface area contributed by atoms with Crippen molar-refractivity contribution in [2.45, 2.75) is 64.6 Å². The van der Waals surface area contributed by atoms with E-state index < -0.39 is 18.1 Å². The summed E-state index contributed by atoms with van der Waals surface area (Å²) in [4.78, 5) is 11.0. The van der Waals surface area contributed by atoms with Crippen LogP contribution in [0.5, 0.6) is 0 Å². The van der Waals surface area contributed by atoms with E-state index in [0.29, 0.717) is 30.1 Å².